The summed E-state index contributed by atoms with van der Waals surface area (Å²) < 4.78 is 13.3. The molecular formula is C35H74BrNO3. The van der Waals surface area contributed by atoms with Gasteiger partial charge in [-0.2, -0.15) is 0 Å². The van der Waals surface area contributed by atoms with Gasteiger partial charge in [0.2, 0.25) is 0 Å². The Morgan fingerprint density at radius 1 is 0.475 bits per heavy atom. The molecule has 244 valence electrons. The molecule has 0 bridgehead atoms. The first kappa shape index (κ1) is 42.5. The molecular weight excluding hydrogens is 562 g/mol. The summed E-state index contributed by atoms with van der Waals surface area (Å²) in [5, 5.41) is 9.36. The number of aliphatic hydroxyl groups is 1. The zero-order valence-corrected chi connectivity index (χ0v) is 29.5. The van der Waals surface area contributed by atoms with Crippen molar-refractivity contribution in [3.8, 4) is 0 Å². The lowest BCUT2D eigenvalue weighted by Gasteiger charge is -2.30. The van der Waals surface area contributed by atoms with Crippen LogP contribution in [0.1, 0.15) is 174 Å². The van der Waals surface area contributed by atoms with E-state index in [0.29, 0.717) is 0 Å². The Labute approximate surface area is 263 Å². The molecule has 0 rings (SSSR count). The molecule has 0 atom stereocenters. The maximum atomic E-state index is 9.36. The number of quaternary nitrogens is 1. The van der Waals surface area contributed by atoms with Gasteiger partial charge in [0.25, 0.3) is 0 Å². The van der Waals surface area contributed by atoms with E-state index in [0.717, 1.165) is 50.0 Å². The van der Waals surface area contributed by atoms with Crippen LogP contribution in [0.2, 0.25) is 0 Å². The molecule has 0 aromatic heterocycles. The molecule has 0 radical (unpaired) electrons. The molecule has 1 N–H and O–H groups in total. The third-order valence-electron chi connectivity index (χ3n) is 8.28. The maximum absolute atomic E-state index is 9.36. The first-order valence-electron chi connectivity index (χ1n) is 17.7. The SMILES string of the molecule is CCCCCCCCCCCCCCOC(CC[N+](C)(C)CCO)OCCCCCCCCCCCCCC.[Br-]. The number of hydrogen-bond donors (Lipinski definition) is 1. The number of halogens is 1. The zero-order chi connectivity index (χ0) is 28.7. The van der Waals surface area contributed by atoms with Crippen molar-refractivity contribution in [2.45, 2.75) is 181 Å². The van der Waals surface area contributed by atoms with Crippen molar-refractivity contribution in [3.05, 3.63) is 0 Å². The van der Waals surface area contributed by atoms with E-state index in [-0.39, 0.29) is 29.9 Å². The fraction of sp³-hybridized carbons (Fsp3) is 1.00. The average Bonchev–Trinajstić information content (AvgIpc) is 2.92. The lowest BCUT2D eigenvalue weighted by molar-refractivity contribution is -0.891. The summed E-state index contributed by atoms with van der Waals surface area (Å²) in [4.78, 5) is 0. The van der Waals surface area contributed by atoms with E-state index in [1.165, 1.54) is 141 Å². The van der Waals surface area contributed by atoms with Crippen LogP contribution in [-0.2, 0) is 9.47 Å². The fourth-order valence-corrected chi connectivity index (χ4v) is 5.37. The molecule has 0 aromatic carbocycles. The maximum Gasteiger partial charge on any atom is 0.162 e. The lowest BCUT2D eigenvalue weighted by Crippen LogP contribution is -3.00. The molecule has 0 spiro atoms. The Balaban J connectivity index is 0. The predicted octanol–water partition coefficient (Wildman–Crippen LogP) is 7.21. The van der Waals surface area contributed by atoms with Gasteiger partial charge in [0.1, 0.15) is 6.54 Å². The van der Waals surface area contributed by atoms with Crippen molar-refractivity contribution in [2.75, 3.05) is 47.0 Å². The van der Waals surface area contributed by atoms with Crippen LogP contribution in [0, 0.1) is 0 Å². The van der Waals surface area contributed by atoms with E-state index in [4.69, 9.17) is 9.47 Å². The number of aliphatic hydroxyl groups excluding tert-OH is 1. The summed E-state index contributed by atoms with van der Waals surface area (Å²) in [5.74, 6) is 0. The highest BCUT2D eigenvalue weighted by molar-refractivity contribution is 4.52. The van der Waals surface area contributed by atoms with Crippen molar-refractivity contribution >= 4 is 0 Å². The van der Waals surface area contributed by atoms with Crippen molar-refractivity contribution in [1.29, 1.82) is 0 Å². The highest BCUT2D eigenvalue weighted by Crippen LogP contribution is 2.15. The number of hydrogen-bond acceptors (Lipinski definition) is 3. The lowest BCUT2D eigenvalue weighted by atomic mass is 10.1. The molecule has 0 saturated heterocycles. The van der Waals surface area contributed by atoms with Crippen molar-refractivity contribution in [2.24, 2.45) is 0 Å². The van der Waals surface area contributed by atoms with Crippen LogP contribution in [0.5, 0.6) is 0 Å². The van der Waals surface area contributed by atoms with Crippen LogP contribution in [0.25, 0.3) is 0 Å². The van der Waals surface area contributed by atoms with E-state index >= 15 is 0 Å². The number of unbranched alkanes of at least 4 members (excludes halogenated alkanes) is 22. The van der Waals surface area contributed by atoms with Crippen LogP contribution in [0.3, 0.4) is 0 Å². The number of rotatable bonds is 33. The van der Waals surface area contributed by atoms with E-state index in [9.17, 15) is 5.11 Å². The minimum Gasteiger partial charge on any atom is -1.00 e. The van der Waals surface area contributed by atoms with Gasteiger partial charge in [-0.1, -0.05) is 155 Å². The number of likely N-dealkylation sites (N-methyl/N-ethyl adjacent to an activating group) is 1. The van der Waals surface area contributed by atoms with Crippen molar-refractivity contribution in [1.82, 2.24) is 0 Å². The van der Waals surface area contributed by atoms with E-state index in [2.05, 4.69) is 27.9 Å². The summed E-state index contributed by atoms with van der Waals surface area (Å²) in [6, 6.07) is 0. The summed E-state index contributed by atoms with van der Waals surface area (Å²) in [5.41, 5.74) is 0. The highest BCUT2D eigenvalue weighted by Gasteiger charge is 2.19. The van der Waals surface area contributed by atoms with E-state index in [1.807, 2.05) is 0 Å². The Hall–Kier alpha value is 0.320. The monoisotopic (exact) mass is 635 g/mol. The molecule has 0 aliphatic carbocycles. The van der Waals surface area contributed by atoms with Crippen LogP contribution in [0.15, 0.2) is 0 Å². The average molecular weight is 637 g/mol. The molecule has 0 saturated carbocycles. The summed E-state index contributed by atoms with van der Waals surface area (Å²) in [6.45, 7) is 8.20. The molecule has 0 fully saturated rings. The minimum atomic E-state index is -0.0958. The van der Waals surface area contributed by atoms with Gasteiger partial charge in [0.05, 0.1) is 27.2 Å². The molecule has 0 heterocycles. The second kappa shape index (κ2) is 33.8. The van der Waals surface area contributed by atoms with Crippen LogP contribution < -0.4 is 17.0 Å². The van der Waals surface area contributed by atoms with Crippen LogP contribution in [-0.4, -0.2) is 62.9 Å². The quantitative estimate of drug-likeness (QED) is 0.0470. The highest BCUT2D eigenvalue weighted by atomic mass is 79.9. The predicted molar refractivity (Wildman–Crippen MR) is 171 cm³/mol. The number of ether oxygens (including phenoxy) is 2. The normalized spacial score (nSPS) is 11.8. The smallest absolute Gasteiger partial charge is 0.162 e. The van der Waals surface area contributed by atoms with Gasteiger partial charge < -0.3 is 36.0 Å². The Morgan fingerprint density at radius 2 is 0.775 bits per heavy atom. The Morgan fingerprint density at radius 3 is 1.07 bits per heavy atom. The zero-order valence-electron chi connectivity index (χ0n) is 27.9. The molecule has 4 nitrogen and oxygen atoms in total. The van der Waals surface area contributed by atoms with E-state index < -0.39 is 0 Å². The van der Waals surface area contributed by atoms with Gasteiger partial charge in [-0.15, -0.1) is 0 Å². The van der Waals surface area contributed by atoms with Gasteiger partial charge in [-0.05, 0) is 12.8 Å². The van der Waals surface area contributed by atoms with Gasteiger partial charge >= 0.3 is 0 Å². The van der Waals surface area contributed by atoms with Gasteiger partial charge in [0.15, 0.2) is 6.29 Å². The van der Waals surface area contributed by atoms with Gasteiger partial charge in [-0.25, -0.2) is 0 Å². The fourth-order valence-electron chi connectivity index (χ4n) is 5.37. The van der Waals surface area contributed by atoms with E-state index in [1.54, 1.807) is 0 Å². The topological polar surface area (TPSA) is 38.7 Å². The molecule has 0 aliphatic rings. The standard InChI is InChI=1S/C35H74NO3.BrH/c1-5-7-9-11-13-15-17-19-21-23-25-27-33-38-35(29-30-36(3,4)31-32-37)39-34-28-26-24-22-20-18-16-14-12-10-8-6-2;/h35,37H,5-34H2,1-4H3;1H/q+1;/p-1. The largest absolute Gasteiger partial charge is 1.00 e. The van der Waals surface area contributed by atoms with Crippen molar-refractivity contribution < 1.29 is 36.0 Å². The minimum absolute atomic E-state index is 0. The van der Waals surface area contributed by atoms with Gasteiger partial charge in [0, 0.05) is 19.6 Å². The third-order valence-corrected chi connectivity index (χ3v) is 8.28. The van der Waals surface area contributed by atoms with Crippen LogP contribution >= 0.6 is 0 Å². The Kier molecular flexibility index (Phi) is 35.9. The molecule has 0 aliphatic heterocycles. The molecule has 0 aromatic rings. The first-order chi connectivity index (χ1) is 19.1. The molecule has 0 amide bonds. The number of nitrogens with zero attached hydrogens (tertiary/aromatic N) is 1. The van der Waals surface area contributed by atoms with Crippen LogP contribution in [0.4, 0.5) is 0 Å². The molecule has 40 heavy (non-hydrogen) atoms. The summed E-state index contributed by atoms with van der Waals surface area (Å²) in [6.07, 6.45) is 33.7. The summed E-state index contributed by atoms with van der Waals surface area (Å²) in [7, 11) is 4.37. The second-order valence-corrected chi connectivity index (χ2v) is 12.8. The molecule has 0 unspecified atom stereocenters. The van der Waals surface area contributed by atoms with Crippen molar-refractivity contribution in [3.63, 3.8) is 0 Å². The van der Waals surface area contributed by atoms with Gasteiger partial charge in [-0.3, -0.25) is 0 Å². The third kappa shape index (κ3) is 32.8. The first-order valence-corrected chi connectivity index (χ1v) is 17.7. The summed E-state index contributed by atoms with van der Waals surface area (Å²) >= 11 is 0. The second-order valence-electron chi connectivity index (χ2n) is 12.8. The Bertz CT molecular complexity index is 434. The molecule has 5 heteroatoms.